The van der Waals surface area contributed by atoms with Crippen molar-refractivity contribution in [1.29, 1.82) is 5.26 Å². The van der Waals surface area contributed by atoms with Crippen molar-refractivity contribution in [3.05, 3.63) is 56.9 Å². The zero-order valence-corrected chi connectivity index (χ0v) is 21.0. The molecule has 6 nitrogen and oxygen atoms in total. The molecule has 0 spiro atoms. The van der Waals surface area contributed by atoms with Crippen LogP contribution in [0.2, 0.25) is 0 Å². The molecule has 6 heteroatoms. The standard InChI is InChI=1S/C29H34N4O2/c1-18-14-22-23(16-25(18)33-8-6-20(7-9-33)32-10-12-35-13-11-32)29(2,3)28-26(27(22)34)21-5-4-19(17-30)15-24(21)31-28/h14-16,20,31H,4-13H2,1-3H3. The van der Waals surface area contributed by atoms with Crippen molar-refractivity contribution >= 4 is 17.5 Å². The van der Waals surface area contributed by atoms with Crippen LogP contribution in [0.15, 0.2) is 17.7 Å². The minimum atomic E-state index is -0.314. The summed E-state index contributed by atoms with van der Waals surface area (Å²) in [6, 6.07) is 7.35. The molecule has 0 atom stereocenters. The molecule has 2 saturated heterocycles. The monoisotopic (exact) mass is 470 g/mol. The molecular formula is C29H34N4O2. The van der Waals surface area contributed by atoms with Gasteiger partial charge in [0.05, 0.1) is 19.3 Å². The lowest BCUT2D eigenvalue weighted by molar-refractivity contribution is 0.0115. The zero-order valence-electron chi connectivity index (χ0n) is 21.0. The number of hydrogen-bond donors (Lipinski definition) is 1. The third-order valence-electron chi connectivity index (χ3n) is 8.72. The number of carbonyl (C=O) groups excluding carboxylic acids is 1. The van der Waals surface area contributed by atoms with Gasteiger partial charge in [-0.2, -0.15) is 5.26 Å². The minimum absolute atomic E-state index is 0.126. The number of benzene rings is 1. The first-order chi connectivity index (χ1) is 16.9. The molecule has 6 rings (SSSR count). The van der Waals surface area contributed by atoms with Crippen molar-refractivity contribution in [3.63, 3.8) is 0 Å². The summed E-state index contributed by atoms with van der Waals surface area (Å²) in [6.45, 7) is 12.5. The highest BCUT2D eigenvalue weighted by atomic mass is 16.5. The van der Waals surface area contributed by atoms with E-state index in [2.05, 4.69) is 53.8 Å². The Labute approximate surface area is 207 Å². The van der Waals surface area contributed by atoms with E-state index in [1.54, 1.807) is 0 Å². The van der Waals surface area contributed by atoms with E-state index in [-0.39, 0.29) is 11.2 Å². The number of aromatic amines is 1. The summed E-state index contributed by atoms with van der Waals surface area (Å²) >= 11 is 0. The number of rotatable bonds is 2. The number of hydrogen-bond acceptors (Lipinski definition) is 5. The van der Waals surface area contributed by atoms with Gasteiger partial charge in [-0.15, -0.1) is 0 Å². The molecule has 35 heavy (non-hydrogen) atoms. The van der Waals surface area contributed by atoms with E-state index in [9.17, 15) is 10.1 Å². The Balaban J connectivity index is 1.32. The first-order valence-electron chi connectivity index (χ1n) is 13.0. The van der Waals surface area contributed by atoms with Crippen LogP contribution in [-0.4, -0.2) is 61.1 Å². The molecule has 0 unspecified atom stereocenters. The van der Waals surface area contributed by atoms with Crippen LogP contribution in [0.5, 0.6) is 0 Å². The second kappa shape index (κ2) is 8.36. The van der Waals surface area contributed by atoms with Gasteiger partial charge < -0.3 is 14.6 Å². The molecule has 0 saturated carbocycles. The Bertz CT molecular complexity index is 1260. The molecule has 4 aliphatic rings. The van der Waals surface area contributed by atoms with Crippen LogP contribution in [-0.2, 0) is 16.6 Å². The number of ether oxygens (including phenoxy) is 1. The Morgan fingerprint density at radius 2 is 1.86 bits per heavy atom. The number of aromatic nitrogens is 1. The van der Waals surface area contributed by atoms with Crippen LogP contribution in [0.3, 0.4) is 0 Å². The number of nitriles is 1. The molecule has 1 N–H and O–H groups in total. The lowest BCUT2D eigenvalue weighted by Crippen LogP contribution is -2.49. The average molecular weight is 471 g/mol. The van der Waals surface area contributed by atoms with Gasteiger partial charge in [0.15, 0.2) is 5.78 Å². The first kappa shape index (κ1) is 22.6. The number of morpholine rings is 1. The van der Waals surface area contributed by atoms with Gasteiger partial charge in [-0.1, -0.05) is 13.8 Å². The van der Waals surface area contributed by atoms with Gasteiger partial charge >= 0.3 is 0 Å². The number of anilines is 1. The van der Waals surface area contributed by atoms with E-state index in [4.69, 9.17) is 4.74 Å². The van der Waals surface area contributed by atoms with Crippen molar-refractivity contribution < 1.29 is 9.53 Å². The predicted octanol–water partition coefficient (Wildman–Crippen LogP) is 4.35. The largest absolute Gasteiger partial charge is 0.379 e. The van der Waals surface area contributed by atoms with E-state index in [1.165, 1.54) is 24.1 Å². The maximum absolute atomic E-state index is 13.8. The van der Waals surface area contributed by atoms with Gasteiger partial charge in [0.1, 0.15) is 0 Å². The number of nitrogens with zero attached hydrogens (tertiary/aromatic N) is 3. The van der Waals surface area contributed by atoms with E-state index < -0.39 is 0 Å². The van der Waals surface area contributed by atoms with Crippen molar-refractivity contribution in [3.8, 4) is 6.07 Å². The second-order valence-corrected chi connectivity index (χ2v) is 11.1. The fraction of sp³-hybridized carbons (Fsp3) is 0.517. The summed E-state index contributed by atoms with van der Waals surface area (Å²) < 4.78 is 5.54. The lowest BCUT2D eigenvalue weighted by Gasteiger charge is -2.42. The van der Waals surface area contributed by atoms with Crippen LogP contribution in [0.25, 0.3) is 6.08 Å². The van der Waals surface area contributed by atoms with Gasteiger partial charge in [-0.05, 0) is 67.5 Å². The molecule has 1 aromatic heterocycles. The van der Waals surface area contributed by atoms with Crippen LogP contribution in [0, 0.1) is 18.3 Å². The van der Waals surface area contributed by atoms with Crippen molar-refractivity contribution in [2.24, 2.45) is 0 Å². The molecule has 0 bridgehead atoms. The van der Waals surface area contributed by atoms with Gasteiger partial charge in [0.2, 0.25) is 0 Å². The number of H-pyrrole nitrogens is 1. The predicted molar refractivity (Wildman–Crippen MR) is 137 cm³/mol. The number of allylic oxidation sites excluding steroid dienone is 1. The van der Waals surface area contributed by atoms with Crippen molar-refractivity contribution in [2.45, 2.75) is 57.9 Å². The fourth-order valence-corrected chi connectivity index (χ4v) is 6.68. The Morgan fingerprint density at radius 3 is 2.57 bits per heavy atom. The summed E-state index contributed by atoms with van der Waals surface area (Å²) in [4.78, 5) is 22.5. The van der Waals surface area contributed by atoms with E-state index in [1.807, 2.05) is 6.08 Å². The number of aryl methyl sites for hydroxylation is 1. The average Bonchev–Trinajstić information content (AvgIpc) is 3.28. The van der Waals surface area contributed by atoms with Gasteiger partial charge in [-0.3, -0.25) is 9.69 Å². The van der Waals surface area contributed by atoms with E-state index in [0.29, 0.717) is 12.5 Å². The lowest BCUT2D eigenvalue weighted by atomic mass is 9.70. The third-order valence-corrected chi connectivity index (χ3v) is 8.72. The molecule has 3 heterocycles. The Hall–Kier alpha value is -2.88. The van der Waals surface area contributed by atoms with Crippen LogP contribution < -0.4 is 4.90 Å². The van der Waals surface area contributed by atoms with Crippen LogP contribution in [0.4, 0.5) is 5.69 Å². The Morgan fingerprint density at radius 1 is 1.11 bits per heavy atom. The summed E-state index contributed by atoms with van der Waals surface area (Å²) in [5.74, 6) is 0.126. The first-order valence-corrected chi connectivity index (χ1v) is 13.0. The van der Waals surface area contributed by atoms with Crippen LogP contribution in [0.1, 0.15) is 77.1 Å². The normalized spacial score (nSPS) is 22.2. The number of carbonyl (C=O) groups is 1. The fourth-order valence-electron chi connectivity index (χ4n) is 6.68. The maximum Gasteiger partial charge on any atom is 0.195 e. The minimum Gasteiger partial charge on any atom is -0.379 e. The zero-order chi connectivity index (χ0) is 24.3. The topological polar surface area (TPSA) is 72.4 Å². The highest BCUT2D eigenvalue weighted by Gasteiger charge is 2.42. The van der Waals surface area contributed by atoms with Gasteiger partial charge in [0.25, 0.3) is 0 Å². The number of piperidine rings is 1. The molecule has 0 radical (unpaired) electrons. The summed E-state index contributed by atoms with van der Waals surface area (Å²) in [6.07, 6.45) is 5.71. The highest BCUT2D eigenvalue weighted by Crippen LogP contribution is 2.46. The summed E-state index contributed by atoms with van der Waals surface area (Å²) in [7, 11) is 0. The van der Waals surface area contributed by atoms with Crippen LogP contribution >= 0.6 is 0 Å². The molecule has 2 fully saturated rings. The molecule has 182 valence electrons. The molecule has 1 aromatic carbocycles. The third kappa shape index (κ3) is 3.56. The quantitative estimate of drug-likeness (QED) is 0.707. The van der Waals surface area contributed by atoms with Gasteiger partial charge in [0, 0.05) is 71.4 Å². The molecule has 2 aromatic rings. The maximum atomic E-state index is 13.8. The molecule has 2 aliphatic carbocycles. The van der Waals surface area contributed by atoms with Crippen molar-refractivity contribution in [2.75, 3.05) is 44.3 Å². The second-order valence-electron chi connectivity index (χ2n) is 11.1. The Kier molecular flexibility index (Phi) is 5.39. The summed E-state index contributed by atoms with van der Waals surface area (Å²) in [5.41, 5.74) is 8.69. The number of nitrogens with one attached hydrogen (secondary N) is 1. The van der Waals surface area contributed by atoms with E-state index in [0.717, 1.165) is 85.0 Å². The number of fused-ring (bicyclic) bond motifs is 4. The molecular weight excluding hydrogens is 436 g/mol. The summed E-state index contributed by atoms with van der Waals surface area (Å²) in [5, 5.41) is 9.38. The SMILES string of the molecule is Cc1cc2c(cc1N1CCC(N3CCOCC3)CC1)C(C)(C)c1[nH]c3c(c1C2=O)CCC(C#N)=C3. The smallest absolute Gasteiger partial charge is 0.195 e. The number of ketones is 1. The van der Waals surface area contributed by atoms with Gasteiger partial charge in [-0.25, -0.2) is 0 Å². The highest BCUT2D eigenvalue weighted by molar-refractivity contribution is 6.15. The van der Waals surface area contributed by atoms with E-state index >= 15 is 0 Å². The molecule has 2 aliphatic heterocycles. The van der Waals surface area contributed by atoms with Crippen molar-refractivity contribution in [1.82, 2.24) is 9.88 Å². The molecule has 0 amide bonds.